The Balaban J connectivity index is 1.97. The van der Waals surface area contributed by atoms with Crippen LogP contribution in [0.3, 0.4) is 0 Å². The minimum Gasteiger partial charge on any atom is -0.266 e. The highest BCUT2D eigenvalue weighted by molar-refractivity contribution is 7.93. The maximum Gasteiger partial charge on any atom is 0.289 e. The third kappa shape index (κ3) is 4.60. The third-order valence-corrected chi connectivity index (χ3v) is 6.30. The lowest BCUT2D eigenvalue weighted by Gasteiger charge is -2.25. The Hall–Kier alpha value is -3.26. The molecular formula is C21H19FN2O4S. The maximum absolute atomic E-state index is 14.7. The molecule has 3 aromatic rings. The first-order valence-corrected chi connectivity index (χ1v) is 10.4. The monoisotopic (exact) mass is 414 g/mol. The minimum atomic E-state index is -4.28. The fourth-order valence-corrected chi connectivity index (χ4v) is 4.63. The van der Waals surface area contributed by atoms with Gasteiger partial charge in [-0.25, -0.2) is 12.8 Å². The first-order chi connectivity index (χ1) is 13.9. The summed E-state index contributed by atoms with van der Waals surface area (Å²) in [6.07, 6.45) is -1.47. The summed E-state index contributed by atoms with van der Waals surface area (Å²) in [6.45, 7) is -0.172. The van der Waals surface area contributed by atoms with Crippen LogP contribution in [-0.2, 0) is 10.0 Å². The molecule has 0 fully saturated rings. The standard InChI is InChI=1S/C21H19FN2O4S/c22-19(17-9-3-1-4-10-17)15-16-23(18-11-5-2-6-12-18)29(27,28)21-14-8-7-13-20(21)24(25)26/h1-14,19H,15-16H2/t19-/m1/s1. The molecule has 0 heterocycles. The molecular weight excluding hydrogens is 395 g/mol. The van der Waals surface area contributed by atoms with Crippen LogP contribution in [0.1, 0.15) is 18.2 Å². The number of rotatable bonds is 8. The molecule has 0 unspecified atom stereocenters. The van der Waals surface area contributed by atoms with Gasteiger partial charge in [-0.05, 0) is 23.8 Å². The second-order valence-corrected chi connectivity index (χ2v) is 8.14. The Morgan fingerprint density at radius 2 is 1.45 bits per heavy atom. The maximum atomic E-state index is 14.7. The molecule has 0 N–H and O–H groups in total. The van der Waals surface area contributed by atoms with Crippen molar-refractivity contribution in [1.29, 1.82) is 0 Å². The first-order valence-electron chi connectivity index (χ1n) is 8.91. The second-order valence-electron chi connectivity index (χ2n) is 6.30. The summed E-state index contributed by atoms with van der Waals surface area (Å²) >= 11 is 0. The van der Waals surface area contributed by atoms with E-state index in [-0.39, 0.29) is 13.0 Å². The van der Waals surface area contributed by atoms with Gasteiger partial charge in [0.15, 0.2) is 4.90 Å². The zero-order chi connectivity index (χ0) is 20.9. The van der Waals surface area contributed by atoms with Crippen LogP contribution in [0.15, 0.2) is 89.8 Å². The molecule has 0 saturated heterocycles. The van der Waals surface area contributed by atoms with Crippen LogP contribution in [0.4, 0.5) is 15.8 Å². The number of hydrogen-bond donors (Lipinski definition) is 0. The Morgan fingerprint density at radius 3 is 2.07 bits per heavy atom. The lowest BCUT2D eigenvalue weighted by Crippen LogP contribution is -2.33. The Labute approximate surface area is 168 Å². The molecule has 150 valence electrons. The average Bonchev–Trinajstić information content (AvgIpc) is 2.75. The summed E-state index contributed by atoms with van der Waals surface area (Å²) in [6, 6.07) is 21.8. The predicted octanol–water partition coefficient (Wildman–Crippen LogP) is 4.89. The molecule has 0 aromatic heterocycles. The topological polar surface area (TPSA) is 80.5 Å². The van der Waals surface area contributed by atoms with E-state index < -0.39 is 31.7 Å². The molecule has 8 heteroatoms. The quantitative estimate of drug-likeness (QED) is 0.388. The van der Waals surface area contributed by atoms with Gasteiger partial charge in [0.1, 0.15) is 6.17 Å². The number of hydrogen-bond acceptors (Lipinski definition) is 4. The molecule has 0 spiro atoms. The minimum absolute atomic E-state index is 0.0984. The molecule has 6 nitrogen and oxygen atoms in total. The van der Waals surface area contributed by atoms with Crippen LogP contribution in [-0.4, -0.2) is 19.9 Å². The number of anilines is 1. The van der Waals surface area contributed by atoms with E-state index in [9.17, 15) is 22.9 Å². The third-order valence-electron chi connectivity index (χ3n) is 4.42. The van der Waals surface area contributed by atoms with Gasteiger partial charge in [-0.15, -0.1) is 0 Å². The van der Waals surface area contributed by atoms with E-state index in [1.807, 2.05) is 0 Å². The number of alkyl halides is 1. The van der Waals surface area contributed by atoms with E-state index in [1.165, 1.54) is 18.2 Å². The molecule has 0 radical (unpaired) electrons. The predicted molar refractivity (Wildman–Crippen MR) is 109 cm³/mol. The fraction of sp³-hybridized carbons (Fsp3) is 0.143. The van der Waals surface area contributed by atoms with Gasteiger partial charge in [-0.1, -0.05) is 60.7 Å². The summed E-state index contributed by atoms with van der Waals surface area (Å²) < 4.78 is 42.3. The lowest BCUT2D eigenvalue weighted by molar-refractivity contribution is -0.387. The molecule has 0 bridgehead atoms. The van der Waals surface area contributed by atoms with Gasteiger partial charge in [-0.3, -0.25) is 14.4 Å². The van der Waals surface area contributed by atoms with Crippen LogP contribution in [0.5, 0.6) is 0 Å². The summed E-state index contributed by atoms with van der Waals surface area (Å²) in [5.74, 6) is 0. The van der Waals surface area contributed by atoms with Crippen molar-refractivity contribution in [2.24, 2.45) is 0 Å². The SMILES string of the molecule is O=[N+]([O-])c1ccccc1S(=O)(=O)N(CC[C@@H](F)c1ccccc1)c1ccccc1. The van der Waals surface area contributed by atoms with Crippen LogP contribution in [0.25, 0.3) is 0 Å². The number of para-hydroxylation sites is 2. The smallest absolute Gasteiger partial charge is 0.266 e. The molecule has 0 aliphatic rings. The largest absolute Gasteiger partial charge is 0.289 e. The zero-order valence-corrected chi connectivity index (χ0v) is 16.2. The fourth-order valence-electron chi connectivity index (χ4n) is 2.99. The summed E-state index contributed by atoms with van der Waals surface area (Å²) in [5.41, 5.74) is 0.239. The van der Waals surface area contributed by atoms with Gasteiger partial charge in [0.05, 0.1) is 10.6 Å². The molecule has 1 atom stereocenters. The molecule has 0 saturated carbocycles. The van der Waals surface area contributed by atoms with Crippen LogP contribution < -0.4 is 4.31 Å². The molecule has 0 aliphatic carbocycles. The van der Waals surface area contributed by atoms with Crippen molar-refractivity contribution >= 4 is 21.4 Å². The van der Waals surface area contributed by atoms with Gasteiger partial charge in [0.2, 0.25) is 0 Å². The number of nitro groups is 1. The van der Waals surface area contributed by atoms with E-state index in [2.05, 4.69) is 0 Å². The number of benzene rings is 3. The summed E-state index contributed by atoms with van der Waals surface area (Å²) in [5, 5.41) is 11.3. The Morgan fingerprint density at radius 1 is 0.897 bits per heavy atom. The molecule has 29 heavy (non-hydrogen) atoms. The highest BCUT2D eigenvalue weighted by Crippen LogP contribution is 2.31. The Bertz CT molecular complexity index is 1080. The van der Waals surface area contributed by atoms with Crippen molar-refractivity contribution in [3.8, 4) is 0 Å². The van der Waals surface area contributed by atoms with Crippen LogP contribution >= 0.6 is 0 Å². The van der Waals surface area contributed by atoms with Crippen molar-refractivity contribution < 1.29 is 17.7 Å². The Kier molecular flexibility index (Phi) is 6.23. The normalized spacial score (nSPS) is 12.3. The van der Waals surface area contributed by atoms with E-state index in [4.69, 9.17) is 0 Å². The van der Waals surface area contributed by atoms with Crippen LogP contribution in [0, 0.1) is 10.1 Å². The van der Waals surface area contributed by atoms with E-state index in [1.54, 1.807) is 60.7 Å². The number of sulfonamides is 1. The van der Waals surface area contributed by atoms with E-state index in [0.717, 1.165) is 10.4 Å². The lowest BCUT2D eigenvalue weighted by atomic mass is 10.1. The van der Waals surface area contributed by atoms with Crippen molar-refractivity contribution in [1.82, 2.24) is 0 Å². The number of nitro benzene ring substituents is 1. The summed E-state index contributed by atoms with van der Waals surface area (Å²) in [7, 11) is -4.28. The molecule has 3 rings (SSSR count). The molecule has 0 amide bonds. The van der Waals surface area contributed by atoms with Gasteiger partial charge in [0, 0.05) is 19.0 Å². The van der Waals surface area contributed by atoms with Gasteiger partial charge in [0.25, 0.3) is 15.7 Å². The first kappa shape index (κ1) is 20.5. The highest BCUT2D eigenvalue weighted by Gasteiger charge is 2.32. The highest BCUT2D eigenvalue weighted by atomic mass is 32.2. The van der Waals surface area contributed by atoms with Crippen molar-refractivity contribution in [3.05, 3.63) is 101 Å². The van der Waals surface area contributed by atoms with Gasteiger partial charge >= 0.3 is 0 Å². The molecule has 0 aliphatic heterocycles. The summed E-state index contributed by atoms with van der Waals surface area (Å²) in [4.78, 5) is 10.2. The van der Waals surface area contributed by atoms with Gasteiger partial charge in [-0.2, -0.15) is 0 Å². The zero-order valence-electron chi connectivity index (χ0n) is 15.4. The van der Waals surface area contributed by atoms with Crippen molar-refractivity contribution in [3.63, 3.8) is 0 Å². The van der Waals surface area contributed by atoms with Crippen LogP contribution in [0.2, 0.25) is 0 Å². The van der Waals surface area contributed by atoms with Crippen molar-refractivity contribution in [2.75, 3.05) is 10.8 Å². The van der Waals surface area contributed by atoms with Gasteiger partial charge < -0.3 is 0 Å². The number of nitrogens with zero attached hydrogens (tertiary/aromatic N) is 2. The number of halogens is 1. The second kappa shape index (κ2) is 8.83. The van der Waals surface area contributed by atoms with Crippen molar-refractivity contribution in [2.45, 2.75) is 17.5 Å². The average molecular weight is 414 g/mol. The van der Waals surface area contributed by atoms with E-state index >= 15 is 0 Å². The molecule has 3 aromatic carbocycles. The van der Waals surface area contributed by atoms with E-state index in [0.29, 0.717) is 11.3 Å².